The van der Waals surface area contributed by atoms with Crippen molar-refractivity contribution in [2.45, 2.75) is 0 Å². The molecule has 0 saturated heterocycles. The Morgan fingerprint density at radius 1 is 1.42 bits per heavy atom. The van der Waals surface area contributed by atoms with Crippen LogP contribution in [0.25, 0.3) is 0 Å². The molecule has 1 heterocycles. The maximum Gasteiger partial charge on any atom is 0.104 e. The zero-order valence-electron chi connectivity index (χ0n) is 6.28. The van der Waals surface area contributed by atoms with Gasteiger partial charge in [-0.15, -0.1) is 0 Å². The second-order valence-electron chi connectivity index (χ2n) is 2.03. The number of aliphatic hydroxyl groups excluding tert-OH is 1. The van der Waals surface area contributed by atoms with Gasteiger partial charge in [-0.2, -0.15) is 5.26 Å². The first-order valence-corrected chi connectivity index (χ1v) is 3.31. The number of nitrogens with zero attached hydrogens (tertiary/aromatic N) is 2. The first-order chi connectivity index (χ1) is 5.86. The Labute approximate surface area is 70.3 Å². The quantitative estimate of drug-likeness (QED) is 0.552. The van der Waals surface area contributed by atoms with Gasteiger partial charge in [0, 0.05) is 18.0 Å². The molecule has 12 heavy (non-hydrogen) atoms. The van der Waals surface area contributed by atoms with E-state index in [0.29, 0.717) is 11.1 Å². The van der Waals surface area contributed by atoms with E-state index >= 15 is 0 Å². The number of rotatable bonds is 0. The van der Waals surface area contributed by atoms with Crippen LogP contribution in [0.3, 0.4) is 0 Å². The first kappa shape index (κ1) is 8.26. The van der Waals surface area contributed by atoms with E-state index in [2.05, 4.69) is 16.8 Å². The van der Waals surface area contributed by atoms with Crippen LogP contribution in [0.15, 0.2) is 18.5 Å². The number of hydrogen-bond donors (Lipinski definition) is 1. The molecule has 0 saturated carbocycles. The molecule has 1 N–H and O–H groups in total. The van der Waals surface area contributed by atoms with Gasteiger partial charge in [0.15, 0.2) is 0 Å². The summed E-state index contributed by atoms with van der Waals surface area (Å²) in [6, 6.07) is 3.57. The van der Waals surface area contributed by atoms with Crippen molar-refractivity contribution in [3.8, 4) is 17.9 Å². The molecular weight excluding hydrogens is 152 g/mol. The molecule has 0 aromatic carbocycles. The van der Waals surface area contributed by atoms with E-state index in [9.17, 15) is 0 Å². The summed E-state index contributed by atoms with van der Waals surface area (Å²) in [4.78, 5) is 3.80. The van der Waals surface area contributed by atoms with E-state index in [1.807, 2.05) is 6.07 Å². The Bertz CT molecular complexity index is 368. The number of aliphatic hydroxyl groups is 1. The Kier molecular flexibility index (Phi) is 2.84. The average molecular weight is 158 g/mol. The van der Waals surface area contributed by atoms with E-state index in [0.717, 1.165) is 0 Å². The number of hydrogen-bond acceptors (Lipinski definition) is 3. The number of aromatic nitrogens is 1. The lowest BCUT2D eigenvalue weighted by molar-refractivity contribution is 0.350. The van der Waals surface area contributed by atoms with Gasteiger partial charge in [0.1, 0.15) is 12.7 Å². The Morgan fingerprint density at radius 2 is 2.17 bits per heavy atom. The third-order valence-corrected chi connectivity index (χ3v) is 1.18. The molecule has 0 atom stereocenters. The molecule has 0 aliphatic carbocycles. The second-order valence-corrected chi connectivity index (χ2v) is 2.03. The number of nitriles is 1. The van der Waals surface area contributed by atoms with Crippen LogP contribution in [0.5, 0.6) is 0 Å². The van der Waals surface area contributed by atoms with Gasteiger partial charge in [0.2, 0.25) is 0 Å². The molecular formula is C9H6N2O. The smallest absolute Gasteiger partial charge is 0.104 e. The molecule has 0 bridgehead atoms. The van der Waals surface area contributed by atoms with Crippen LogP contribution in [0.1, 0.15) is 11.1 Å². The summed E-state index contributed by atoms with van der Waals surface area (Å²) in [6.07, 6.45) is 3.01. The highest BCUT2D eigenvalue weighted by molar-refractivity contribution is 5.38. The predicted octanol–water partition coefficient (Wildman–Crippen LogP) is 0.297. The minimum atomic E-state index is -0.184. The standard InChI is InChI=1S/C9H6N2O/c10-5-9-4-8(2-1-3-12)6-11-7-9/h4,6-7,12H,3H2. The van der Waals surface area contributed by atoms with Crippen LogP contribution in [-0.4, -0.2) is 16.7 Å². The van der Waals surface area contributed by atoms with Gasteiger partial charge in [-0.05, 0) is 6.07 Å². The largest absolute Gasteiger partial charge is 0.384 e. The van der Waals surface area contributed by atoms with E-state index in [1.165, 1.54) is 6.20 Å². The van der Waals surface area contributed by atoms with Crippen LogP contribution in [-0.2, 0) is 0 Å². The minimum Gasteiger partial charge on any atom is -0.384 e. The van der Waals surface area contributed by atoms with E-state index < -0.39 is 0 Å². The summed E-state index contributed by atoms with van der Waals surface area (Å²) < 4.78 is 0. The van der Waals surface area contributed by atoms with Crippen molar-refractivity contribution in [1.29, 1.82) is 5.26 Å². The molecule has 0 aliphatic heterocycles. The van der Waals surface area contributed by atoms with Gasteiger partial charge >= 0.3 is 0 Å². The molecule has 0 fully saturated rings. The normalized spacial score (nSPS) is 8.00. The minimum absolute atomic E-state index is 0.184. The van der Waals surface area contributed by atoms with Gasteiger partial charge in [0.25, 0.3) is 0 Å². The Hall–Kier alpha value is -1.84. The lowest BCUT2D eigenvalue weighted by Gasteiger charge is -1.88. The maximum absolute atomic E-state index is 8.50. The van der Waals surface area contributed by atoms with Crippen LogP contribution < -0.4 is 0 Å². The Morgan fingerprint density at radius 3 is 2.83 bits per heavy atom. The molecule has 1 rings (SSSR count). The van der Waals surface area contributed by atoms with Crippen LogP contribution in [0.2, 0.25) is 0 Å². The zero-order chi connectivity index (χ0) is 8.81. The lowest BCUT2D eigenvalue weighted by Crippen LogP contribution is -1.82. The van der Waals surface area contributed by atoms with Gasteiger partial charge in [-0.3, -0.25) is 4.98 Å². The summed E-state index contributed by atoms with van der Waals surface area (Å²) in [6.45, 7) is -0.184. The summed E-state index contributed by atoms with van der Waals surface area (Å²) in [5.41, 5.74) is 1.11. The van der Waals surface area contributed by atoms with Crippen molar-refractivity contribution in [2.75, 3.05) is 6.61 Å². The first-order valence-electron chi connectivity index (χ1n) is 3.31. The third kappa shape index (κ3) is 2.09. The van der Waals surface area contributed by atoms with E-state index in [1.54, 1.807) is 12.3 Å². The fourth-order valence-electron chi connectivity index (χ4n) is 0.711. The molecule has 0 radical (unpaired) electrons. The molecule has 0 unspecified atom stereocenters. The summed E-state index contributed by atoms with van der Waals surface area (Å²) in [7, 11) is 0. The van der Waals surface area contributed by atoms with Crippen molar-refractivity contribution < 1.29 is 5.11 Å². The predicted molar refractivity (Wildman–Crippen MR) is 42.9 cm³/mol. The topological polar surface area (TPSA) is 56.9 Å². The Balaban J connectivity index is 2.96. The van der Waals surface area contributed by atoms with Gasteiger partial charge in [-0.1, -0.05) is 11.8 Å². The van der Waals surface area contributed by atoms with Crippen molar-refractivity contribution in [3.63, 3.8) is 0 Å². The highest BCUT2D eigenvalue weighted by Gasteiger charge is 1.90. The highest BCUT2D eigenvalue weighted by Crippen LogP contribution is 1.98. The van der Waals surface area contributed by atoms with Crippen molar-refractivity contribution >= 4 is 0 Å². The fourth-order valence-corrected chi connectivity index (χ4v) is 0.711. The van der Waals surface area contributed by atoms with Crippen LogP contribution in [0, 0.1) is 23.2 Å². The summed E-state index contributed by atoms with van der Waals surface area (Å²) in [5.74, 6) is 5.13. The molecule has 1 aromatic rings. The van der Waals surface area contributed by atoms with Crippen LogP contribution >= 0.6 is 0 Å². The van der Waals surface area contributed by atoms with E-state index in [-0.39, 0.29) is 6.61 Å². The zero-order valence-corrected chi connectivity index (χ0v) is 6.28. The molecule has 3 heteroatoms. The SMILES string of the molecule is N#Cc1cncc(C#CCO)c1. The summed E-state index contributed by atoms with van der Waals surface area (Å²) in [5, 5.41) is 16.9. The van der Waals surface area contributed by atoms with Crippen molar-refractivity contribution in [2.24, 2.45) is 0 Å². The van der Waals surface area contributed by atoms with Gasteiger partial charge in [0.05, 0.1) is 5.56 Å². The lowest BCUT2D eigenvalue weighted by atomic mass is 10.2. The van der Waals surface area contributed by atoms with Crippen molar-refractivity contribution in [1.82, 2.24) is 4.98 Å². The summed E-state index contributed by atoms with van der Waals surface area (Å²) >= 11 is 0. The molecule has 0 aliphatic rings. The van der Waals surface area contributed by atoms with Gasteiger partial charge < -0.3 is 5.11 Å². The fraction of sp³-hybridized carbons (Fsp3) is 0.111. The molecule has 1 aromatic heterocycles. The third-order valence-electron chi connectivity index (χ3n) is 1.18. The average Bonchev–Trinajstić information content (AvgIpc) is 2.15. The number of pyridine rings is 1. The molecule has 0 amide bonds. The molecule has 3 nitrogen and oxygen atoms in total. The van der Waals surface area contributed by atoms with Crippen molar-refractivity contribution in [3.05, 3.63) is 29.6 Å². The highest BCUT2D eigenvalue weighted by atomic mass is 16.2. The molecule has 0 spiro atoms. The molecule has 58 valence electrons. The van der Waals surface area contributed by atoms with Crippen LogP contribution in [0.4, 0.5) is 0 Å². The van der Waals surface area contributed by atoms with E-state index in [4.69, 9.17) is 10.4 Å². The van der Waals surface area contributed by atoms with Gasteiger partial charge in [-0.25, -0.2) is 0 Å². The maximum atomic E-state index is 8.50. The second kappa shape index (κ2) is 4.12. The monoisotopic (exact) mass is 158 g/mol.